The summed E-state index contributed by atoms with van der Waals surface area (Å²) in [5, 5.41) is 2.76. The van der Waals surface area contributed by atoms with Crippen molar-refractivity contribution in [3.05, 3.63) is 60.2 Å². The van der Waals surface area contributed by atoms with Gasteiger partial charge in [-0.1, -0.05) is 30.3 Å². The predicted molar refractivity (Wildman–Crippen MR) is 90.3 cm³/mol. The van der Waals surface area contributed by atoms with Crippen LogP contribution in [-0.4, -0.2) is 25.2 Å². The molecular formula is C18H22N2O3. The van der Waals surface area contributed by atoms with E-state index in [4.69, 9.17) is 15.2 Å². The number of hydrogen-bond acceptors (Lipinski definition) is 4. The van der Waals surface area contributed by atoms with Crippen LogP contribution in [0.4, 0.5) is 5.69 Å². The smallest absolute Gasteiger partial charge is 0.240 e. The van der Waals surface area contributed by atoms with E-state index in [0.717, 1.165) is 11.3 Å². The molecule has 0 heterocycles. The largest absolute Gasteiger partial charge is 0.491 e. The molecule has 5 heteroatoms. The van der Waals surface area contributed by atoms with E-state index < -0.39 is 6.04 Å². The van der Waals surface area contributed by atoms with Crippen LogP contribution < -0.4 is 15.8 Å². The first-order valence-electron chi connectivity index (χ1n) is 7.56. The van der Waals surface area contributed by atoms with Crippen LogP contribution in [0.1, 0.15) is 12.5 Å². The highest BCUT2D eigenvalue weighted by molar-refractivity contribution is 5.94. The van der Waals surface area contributed by atoms with Crippen molar-refractivity contribution < 1.29 is 14.3 Å². The Labute approximate surface area is 136 Å². The van der Waals surface area contributed by atoms with Crippen LogP contribution in [0.5, 0.6) is 5.75 Å². The molecule has 0 aliphatic heterocycles. The van der Waals surface area contributed by atoms with Crippen molar-refractivity contribution in [3.8, 4) is 5.75 Å². The van der Waals surface area contributed by atoms with E-state index in [-0.39, 0.29) is 5.91 Å². The first kappa shape index (κ1) is 17.0. The molecule has 0 aromatic heterocycles. The van der Waals surface area contributed by atoms with Gasteiger partial charge in [0.1, 0.15) is 12.4 Å². The third-order valence-electron chi connectivity index (χ3n) is 3.12. The third-order valence-corrected chi connectivity index (χ3v) is 3.12. The minimum Gasteiger partial charge on any atom is -0.491 e. The Bertz CT molecular complexity index is 615. The molecule has 0 fully saturated rings. The first-order chi connectivity index (χ1) is 11.1. The van der Waals surface area contributed by atoms with Gasteiger partial charge < -0.3 is 20.5 Å². The van der Waals surface area contributed by atoms with Crippen LogP contribution in [0, 0.1) is 0 Å². The number of hydrogen-bond donors (Lipinski definition) is 2. The summed E-state index contributed by atoms with van der Waals surface area (Å²) in [6.07, 6.45) is 0. The zero-order valence-electron chi connectivity index (χ0n) is 13.2. The molecule has 122 valence electrons. The summed E-state index contributed by atoms with van der Waals surface area (Å²) in [6.45, 7) is 3.09. The second-order valence-electron chi connectivity index (χ2n) is 5.19. The van der Waals surface area contributed by atoms with Gasteiger partial charge >= 0.3 is 0 Å². The van der Waals surface area contributed by atoms with E-state index in [2.05, 4.69) is 5.32 Å². The van der Waals surface area contributed by atoms with Gasteiger partial charge in [0, 0.05) is 5.69 Å². The first-order valence-corrected chi connectivity index (χ1v) is 7.56. The van der Waals surface area contributed by atoms with Crippen molar-refractivity contribution in [2.75, 3.05) is 18.5 Å². The van der Waals surface area contributed by atoms with Crippen LogP contribution in [0.3, 0.4) is 0 Å². The molecule has 0 spiro atoms. The van der Waals surface area contributed by atoms with Gasteiger partial charge in [-0.05, 0) is 36.8 Å². The summed E-state index contributed by atoms with van der Waals surface area (Å²) in [4.78, 5) is 11.6. The van der Waals surface area contributed by atoms with Crippen molar-refractivity contribution in [1.82, 2.24) is 0 Å². The number of carbonyl (C=O) groups excluding carboxylic acids is 1. The minimum absolute atomic E-state index is 0.209. The van der Waals surface area contributed by atoms with E-state index in [1.54, 1.807) is 6.92 Å². The summed E-state index contributed by atoms with van der Waals surface area (Å²) in [5.41, 5.74) is 7.23. The fourth-order valence-corrected chi connectivity index (χ4v) is 1.92. The summed E-state index contributed by atoms with van der Waals surface area (Å²) in [5.74, 6) is 0.621. The molecule has 2 aromatic carbocycles. The molecule has 23 heavy (non-hydrogen) atoms. The average molecular weight is 314 g/mol. The van der Waals surface area contributed by atoms with E-state index in [9.17, 15) is 4.79 Å². The van der Waals surface area contributed by atoms with E-state index in [0.29, 0.717) is 25.5 Å². The van der Waals surface area contributed by atoms with Gasteiger partial charge in [0.25, 0.3) is 0 Å². The maximum atomic E-state index is 11.6. The lowest BCUT2D eigenvalue weighted by Gasteiger charge is -2.10. The predicted octanol–water partition coefficient (Wildman–Crippen LogP) is 2.57. The Morgan fingerprint density at radius 2 is 1.91 bits per heavy atom. The Balaban J connectivity index is 1.72. The lowest BCUT2D eigenvalue weighted by Crippen LogP contribution is -2.32. The van der Waals surface area contributed by atoms with Crippen LogP contribution in [0.15, 0.2) is 54.6 Å². The summed E-state index contributed by atoms with van der Waals surface area (Å²) < 4.78 is 11.1. The highest BCUT2D eigenvalue weighted by Crippen LogP contribution is 2.12. The SMILES string of the molecule is C[C@H](N)C(=O)Nc1cccc(COCCOc2ccccc2)c1. The molecule has 0 radical (unpaired) electrons. The molecule has 2 aromatic rings. The number of nitrogens with one attached hydrogen (secondary N) is 1. The molecule has 0 bridgehead atoms. The van der Waals surface area contributed by atoms with Crippen LogP contribution in [-0.2, 0) is 16.1 Å². The topological polar surface area (TPSA) is 73.6 Å². The van der Waals surface area contributed by atoms with Crippen LogP contribution in [0.25, 0.3) is 0 Å². The van der Waals surface area contributed by atoms with Gasteiger partial charge in [0.15, 0.2) is 0 Å². The highest BCUT2D eigenvalue weighted by Gasteiger charge is 2.07. The summed E-state index contributed by atoms with van der Waals surface area (Å²) >= 11 is 0. The molecule has 0 unspecified atom stereocenters. The average Bonchev–Trinajstić information content (AvgIpc) is 2.56. The molecule has 3 N–H and O–H groups in total. The number of nitrogens with two attached hydrogens (primary N) is 1. The zero-order chi connectivity index (χ0) is 16.5. The molecule has 0 saturated carbocycles. The Morgan fingerprint density at radius 3 is 2.65 bits per heavy atom. The lowest BCUT2D eigenvalue weighted by atomic mass is 10.2. The van der Waals surface area contributed by atoms with Crippen molar-refractivity contribution >= 4 is 11.6 Å². The standard InChI is InChI=1S/C18H22N2O3/c1-14(19)18(21)20-16-7-5-6-15(12-16)13-22-10-11-23-17-8-3-2-4-9-17/h2-9,12,14H,10-11,13,19H2,1H3,(H,20,21)/t14-/m0/s1. The van der Waals surface area contributed by atoms with Gasteiger partial charge in [-0.25, -0.2) is 0 Å². The monoisotopic (exact) mass is 314 g/mol. The maximum absolute atomic E-state index is 11.6. The fraction of sp³-hybridized carbons (Fsp3) is 0.278. The zero-order valence-corrected chi connectivity index (χ0v) is 13.2. The normalized spacial score (nSPS) is 11.7. The van der Waals surface area contributed by atoms with Gasteiger partial charge in [0.05, 0.1) is 19.3 Å². The molecule has 0 aliphatic carbocycles. The fourth-order valence-electron chi connectivity index (χ4n) is 1.92. The number of ether oxygens (including phenoxy) is 2. The number of rotatable bonds is 8. The van der Waals surface area contributed by atoms with Gasteiger partial charge in [-0.15, -0.1) is 0 Å². The van der Waals surface area contributed by atoms with Gasteiger partial charge in [-0.2, -0.15) is 0 Å². The summed E-state index contributed by atoms with van der Waals surface area (Å²) in [7, 11) is 0. The second kappa shape index (κ2) is 8.92. The molecule has 1 atom stereocenters. The second-order valence-corrected chi connectivity index (χ2v) is 5.19. The quantitative estimate of drug-likeness (QED) is 0.735. The van der Waals surface area contributed by atoms with Crippen molar-refractivity contribution in [2.24, 2.45) is 5.73 Å². The summed E-state index contributed by atoms with van der Waals surface area (Å²) in [6, 6.07) is 16.6. The maximum Gasteiger partial charge on any atom is 0.240 e. The van der Waals surface area contributed by atoms with Crippen molar-refractivity contribution in [2.45, 2.75) is 19.6 Å². The Hall–Kier alpha value is -2.37. The number of para-hydroxylation sites is 1. The molecular weight excluding hydrogens is 292 g/mol. The molecule has 5 nitrogen and oxygen atoms in total. The van der Waals surface area contributed by atoms with Crippen molar-refractivity contribution in [1.29, 1.82) is 0 Å². The van der Waals surface area contributed by atoms with Crippen molar-refractivity contribution in [3.63, 3.8) is 0 Å². The number of anilines is 1. The van der Waals surface area contributed by atoms with E-state index in [1.807, 2.05) is 54.6 Å². The van der Waals surface area contributed by atoms with E-state index in [1.165, 1.54) is 0 Å². The highest BCUT2D eigenvalue weighted by atomic mass is 16.5. The molecule has 0 saturated heterocycles. The number of amides is 1. The Kier molecular flexibility index (Phi) is 6.59. The molecule has 1 amide bonds. The lowest BCUT2D eigenvalue weighted by molar-refractivity contribution is -0.117. The van der Waals surface area contributed by atoms with E-state index >= 15 is 0 Å². The van der Waals surface area contributed by atoms with Gasteiger partial charge in [0.2, 0.25) is 5.91 Å². The third kappa shape index (κ3) is 6.10. The Morgan fingerprint density at radius 1 is 1.13 bits per heavy atom. The van der Waals surface area contributed by atoms with Crippen LogP contribution in [0.2, 0.25) is 0 Å². The molecule has 0 aliphatic rings. The van der Waals surface area contributed by atoms with Gasteiger partial charge in [-0.3, -0.25) is 4.79 Å². The minimum atomic E-state index is -0.537. The molecule has 2 rings (SSSR count). The number of benzene rings is 2. The number of carbonyl (C=O) groups is 1. The van der Waals surface area contributed by atoms with Crippen LogP contribution >= 0.6 is 0 Å².